The van der Waals surface area contributed by atoms with Crippen molar-refractivity contribution in [1.82, 2.24) is 5.32 Å². The fourth-order valence-electron chi connectivity index (χ4n) is 2.22. The second-order valence-corrected chi connectivity index (χ2v) is 6.86. The van der Waals surface area contributed by atoms with Crippen LogP contribution >= 0.6 is 11.8 Å². The highest BCUT2D eigenvalue weighted by Crippen LogP contribution is 2.27. The van der Waals surface area contributed by atoms with Crippen LogP contribution in [0.15, 0.2) is 23.2 Å². The lowest BCUT2D eigenvalue weighted by Gasteiger charge is -2.08. The number of amides is 2. The van der Waals surface area contributed by atoms with Crippen LogP contribution in [0, 0.1) is 17.0 Å². The third-order valence-electron chi connectivity index (χ3n) is 3.54. The molecular weight excluding hydrogens is 344 g/mol. The topological polar surface area (TPSA) is 114 Å². The second kappa shape index (κ2) is 8.61. The maximum Gasteiger partial charge on any atom is 0.293 e. The minimum Gasteiger partial charge on any atom is -0.320 e. The molecule has 1 aliphatic rings. The number of hydrogen-bond acceptors (Lipinski definition) is 6. The average molecular weight is 364 g/mol. The monoisotopic (exact) mass is 364 g/mol. The molecule has 1 atom stereocenters. The quantitative estimate of drug-likeness (QED) is 0.438. The number of thioether (sulfide) groups is 1. The Labute approximate surface area is 149 Å². The van der Waals surface area contributed by atoms with Crippen molar-refractivity contribution in [1.29, 1.82) is 0 Å². The Bertz CT molecular complexity index is 720. The van der Waals surface area contributed by atoms with E-state index in [0.717, 1.165) is 18.4 Å². The van der Waals surface area contributed by atoms with E-state index in [2.05, 4.69) is 22.5 Å². The standard InChI is InChI=1S/C16H20N4O4S/c1-3-4-7-17-16-19-15(22)13(25-16)9-14(21)18-11-6-5-10(2)8-12(11)20(23)24/h5-6,8,13H,3-4,7,9H2,1-2H3,(H,18,21)(H,17,19,22). The highest BCUT2D eigenvalue weighted by atomic mass is 32.2. The Balaban J connectivity index is 1.98. The average Bonchev–Trinajstić information content (AvgIpc) is 2.89. The van der Waals surface area contributed by atoms with Crippen LogP contribution in [-0.2, 0) is 9.59 Å². The predicted octanol–water partition coefficient (Wildman–Crippen LogP) is 2.62. The van der Waals surface area contributed by atoms with Crippen LogP contribution in [0.4, 0.5) is 11.4 Å². The first kappa shape index (κ1) is 18.9. The lowest BCUT2D eigenvalue weighted by atomic mass is 10.2. The number of nitro groups is 1. The van der Waals surface area contributed by atoms with Gasteiger partial charge in [0.2, 0.25) is 11.8 Å². The minimum atomic E-state index is -0.579. The van der Waals surface area contributed by atoms with E-state index >= 15 is 0 Å². The lowest BCUT2D eigenvalue weighted by Crippen LogP contribution is -2.28. The van der Waals surface area contributed by atoms with E-state index in [4.69, 9.17) is 0 Å². The smallest absolute Gasteiger partial charge is 0.293 e. The van der Waals surface area contributed by atoms with E-state index in [1.807, 2.05) is 0 Å². The zero-order valence-electron chi connectivity index (χ0n) is 14.1. The number of aryl methyl sites for hydroxylation is 1. The van der Waals surface area contributed by atoms with Crippen molar-refractivity contribution in [3.63, 3.8) is 0 Å². The molecule has 1 heterocycles. The summed E-state index contributed by atoms with van der Waals surface area (Å²) in [5, 5.41) is 16.2. The number of anilines is 1. The van der Waals surface area contributed by atoms with E-state index in [1.54, 1.807) is 13.0 Å². The zero-order chi connectivity index (χ0) is 18.4. The van der Waals surface area contributed by atoms with Gasteiger partial charge in [-0.25, -0.2) is 0 Å². The molecule has 0 saturated carbocycles. The molecule has 25 heavy (non-hydrogen) atoms. The van der Waals surface area contributed by atoms with Gasteiger partial charge in [0.05, 0.1) is 4.92 Å². The summed E-state index contributed by atoms with van der Waals surface area (Å²) in [6, 6.07) is 4.56. The van der Waals surface area contributed by atoms with Gasteiger partial charge in [-0.3, -0.25) is 24.7 Å². The molecule has 1 fully saturated rings. The highest BCUT2D eigenvalue weighted by molar-refractivity contribution is 8.15. The third-order valence-corrected chi connectivity index (χ3v) is 4.66. The summed E-state index contributed by atoms with van der Waals surface area (Å²) in [5.41, 5.74) is 0.683. The Morgan fingerprint density at radius 3 is 2.92 bits per heavy atom. The molecule has 1 aliphatic heterocycles. The molecule has 8 nitrogen and oxygen atoms in total. The van der Waals surface area contributed by atoms with Crippen molar-refractivity contribution in [3.8, 4) is 0 Å². The van der Waals surface area contributed by atoms with Gasteiger partial charge in [0.15, 0.2) is 5.17 Å². The summed E-state index contributed by atoms with van der Waals surface area (Å²) in [6.45, 7) is 4.42. The molecular formula is C16H20N4O4S. The number of nitro benzene ring substituents is 1. The summed E-state index contributed by atoms with van der Waals surface area (Å²) in [7, 11) is 0. The highest BCUT2D eigenvalue weighted by Gasteiger charge is 2.32. The van der Waals surface area contributed by atoms with Crippen molar-refractivity contribution < 1.29 is 14.5 Å². The molecule has 1 saturated heterocycles. The summed E-state index contributed by atoms with van der Waals surface area (Å²) >= 11 is 1.22. The van der Waals surface area contributed by atoms with Gasteiger partial charge in [0.1, 0.15) is 10.9 Å². The number of carbonyl (C=O) groups excluding carboxylic acids is 2. The van der Waals surface area contributed by atoms with Crippen LogP contribution in [0.25, 0.3) is 0 Å². The molecule has 134 valence electrons. The first-order valence-electron chi connectivity index (χ1n) is 7.97. The summed E-state index contributed by atoms with van der Waals surface area (Å²) in [4.78, 5) is 38.9. The minimum absolute atomic E-state index is 0.0751. The number of amidine groups is 1. The van der Waals surface area contributed by atoms with Crippen LogP contribution in [-0.4, -0.2) is 33.7 Å². The van der Waals surface area contributed by atoms with Gasteiger partial charge in [-0.1, -0.05) is 31.2 Å². The second-order valence-electron chi connectivity index (χ2n) is 5.67. The molecule has 2 N–H and O–H groups in total. The van der Waals surface area contributed by atoms with Gasteiger partial charge in [-0.05, 0) is 25.0 Å². The number of nitrogens with one attached hydrogen (secondary N) is 2. The van der Waals surface area contributed by atoms with Gasteiger partial charge in [0, 0.05) is 19.0 Å². The zero-order valence-corrected chi connectivity index (χ0v) is 14.9. The van der Waals surface area contributed by atoms with Gasteiger partial charge in [0.25, 0.3) is 5.69 Å². The molecule has 2 rings (SSSR count). The van der Waals surface area contributed by atoms with Crippen LogP contribution in [0.2, 0.25) is 0 Å². The van der Waals surface area contributed by atoms with Crippen molar-refractivity contribution >= 4 is 40.1 Å². The number of benzene rings is 1. The number of carbonyl (C=O) groups is 2. The fraction of sp³-hybridized carbons (Fsp3) is 0.438. The normalized spacial score (nSPS) is 18.2. The van der Waals surface area contributed by atoms with E-state index < -0.39 is 16.1 Å². The fourth-order valence-corrected chi connectivity index (χ4v) is 3.22. The molecule has 9 heteroatoms. The molecule has 0 radical (unpaired) electrons. The molecule has 1 aromatic carbocycles. The first-order chi connectivity index (χ1) is 11.9. The number of aliphatic imine (C=N–C) groups is 1. The largest absolute Gasteiger partial charge is 0.320 e. The van der Waals surface area contributed by atoms with E-state index in [-0.39, 0.29) is 23.7 Å². The molecule has 0 bridgehead atoms. The maximum absolute atomic E-state index is 12.2. The van der Waals surface area contributed by atoms with Crippen molar-refractivity contribution in [3.05, 3.63) is 33.9 Å². The molecule has 0 spiro atoms. The molecule has 0 aromatic heterocycles. The molecule has 2 amide bonds. The van der Waals surface area contributed by atoms with Gasteiger partial charge < -0.3 is 10.6 Å². The molecule has 0 aliphatic carbocycles. The summed E-state index contributed by atoms with van der Waals surface area (Å²) in [5.74, 6) is -0.719. The maximum atomic E-state index is 12.2. The SMILES string of the molecule is CCCCN=C1NC(=O)C(CC(=O)Nc2ccc(C)cc2[N+](=O)[O-])S1. The number of unbranched alkanes of at least 4 members (excludes halogenated alkanes) is 1. The Morgan fingerprint density at radius 1 is 1.48 bits per heavy atom. The first-order valence-corrected chi connectivity index (χ1v) is 8.85. The van der Waals surface area contributed by atoms with Crippen LogP contribution in [0.3, 0.4) is 0 Å². The number of hydrogen-bond donors (Lipinski definition) is 2. The van der Waals surface area contributed by atoms with Crippen molar-refractivity contribution in [2.75, 3.05) is 11.9 Å². The van der Waals surface area contributed by atoms with Gasteiger partial charge in [-0.15, -0.1) is 0 Å². The molecule has 1 unspecified atom stereocenters. The van der Waals surface area contributed by atoms with Gasteiger partial charge >= 0.3 is 0 Å². The lowest BCUT2D eigenvalue weighted by molar-refractivity contribution is -0.384. The Kier molecular flexibility index (Phi) is 6.51. The Morgan fingerprint density at radius 2 is 2.24 bits per heavy atom. The van der Waals surface area contributed by atoms with Crippen molar-refractivity contribution in [2.45, 2.75) is 38.4 Å². The van der Waals surface area contributed by atoms with Crippen LogP contribution in [0.1, 0.15) is 31.7 Å². The summed E-state index contributed by atoms with van der Waals surface area (Å²) in [6.07, 6.45) is 1.87. The van der Waals surface area contributed by atoms with Crippen LogP contribution in [0.5, 0.6) is 0 Å². The van der Waals surface area contributed by atoms with Crippen LogP contribution < -0.4 is 10.6 Å². The van der Waals surface area contributed by atoms with E-state index in [1.165, 1.54) is 23.9 Å². The van der Waals surface area contributed by atoms with Crippen molar-refractivity contribution in [2.24, 2.45) is 4.99 Å². The Hall–Kier alpha value is -2.42. The van der Waals surface area contributed by atoms with E-state index in [9.17, 15) is 19.7 Å². The number of nitrogens with zero attached hydrogens (tertiary/aromatic N) is 2. The third kappa shape index (κ3) is 5.28. The molecule has 1 aromatic rings. The predicted molar refractivity (Wildman–Crippen MR) is 97.8 cm³/mol. The van der Waals surface area contributed by atoms with Gasteiger partial charge in [-0.2, -0.15) is 0 Å². The van der Waals surface area contributed by atoms with E-state index in [0.29, 0.717) is 11.7 Å². The number of rotatable bonds is 7. The summed E-state index contributed by atoms with van der Waals surface area (Å²) < 4.78 is 0.